The van der Waals surface area contributed by atoms with E-state index in [4.69, 9.17) is 10.5 Å². The van der Waals surface area contributed by atoms with E-state index in [-0.39, 0.29) is 29.7 Å². The highest BCUT2D eigenvalue weighted by Gasteiger charge is 2.39. The number of alkyl halides is 6. The summed E-state index contributed by atoms with van der Waals surface area (Å²) in [5.41, 5.74) is 3.87. The van der Waals surface area contributed by atoms with Gasteiger partial charge in [0.05, 0.1) is 23.8 Å². The Labute approximate surface area is 177 Å². The van der Waals surface area contributed by atoms with E-state index in [1.54, 1.807) is 0 Å². The molecule has 1 fully saturated rings. The fraction of sp³-hybridized carbons (Fsp3) is 0.478. The molecule has 31 heavy (non-hydrogen) atoms. The number of ether oxygens (including phenoxy) is 1. The summed E-state index contributed by atoms with van der Waals surface area (Å²) in [7, 11) is 0. The van der Waals surface area contributed by atoms with E-state index in [9.17, 15) is 26.3 Å². The molecule has 0 radical (unpaired) electrons. The lowest BCUT2D eigenvalue weighted by Gasteiger charge is -2.40. The topological polar surface area (TPSA) is 35.2 Å². The van der Waals surface area contributed by atoms with Crippen LogP contribution in [0.25, 0.3) is 0 Å². The van der Waals surface area contributed by atoms with Crippen molar-refractivity contribution < 1.29 is 31.1 Å². The van der Waals surface area contributed by atoms with E-state index in [2.05, 4.69) is 0 Å². The van der Waals surface area contributed by atoms with Gasteiger partial charge in [-0.3, -0.25) is 0 Å². The molecule has 2 aromatic carbocycles. The average Bonchev–Trinajstić information content (AvgIpc) is 2.72. The van der Waals surface area contributed by atoms with Gasteiger partial charge in [-0.15, -0.1) is 0 Å². The van der Waals surface area contributed by atoms with Crippen molar-refractivity contribution >= 4 is 0 Å². The largest absolute Gasteiger partial charge is 0.416 e. The van der Waals surface area contributed by atoms with Crippen molar-refractivity contribution in [3.05, 3.63) is 70.8 Å². The Morgan fingerprint density at radius 2 is 1.45 bits per heavy atom. The second-order valence-electron chi connectivity index (χ2n) is 8.28. The Balaban J connectivity index is 1.87. The summed E-state index contributed by atoms with van der Waals surface area (Å²) in [4.78, 5) is 0. The van der Waals surface area contributed by atoms with Crippen LogP contribution in [0.5, 0.6) is 0 Å². The second-order valence-corrected chi connectivity index (χ2v) is 8.28. The number of halogens is 6. The van der Waals surface area contributed by atoms with E-state index >= 15 is 0 Å². The van der Waals surface area contributed by atoms with Crippen molar-refractivity contribution in [3.8, 4) is 0 Å². The summed E-state index contributed by atoms with van der Waals surface area (Å²) < 4.78 is 85.0. The van der Waals surface area contributed by atoms with Crippen molar-refractivity contribution in [1.29, 1.82) is 0 Å². The van der Waals surface area contributed by atoms with E-state index in [1.807, 2.05) is 30.3 Å². The van der Waals surface area contributed by atoms with E-state index in [0.29, 0.717) is 0 Å². The molecule has 3 rings (SSSR count). The van der Waals surface area contributed by atoms with Crippen LogP contribution >= 0.6 is 0 Å². The van der Waals surface area contributed by atoms with Crippen LogP contribution in [0.15, 0.2) is 48.5 Å². The zero-order valence-electron chi connectivity index (χ0n) is 17.1. The summed E-state index contributed by atoms with van der Waals surface area (Å²) in [6.45, 7) is 1.66. The Hall–Kier alpha value is -2.06. The van der Waals surface area contributed by atoms with Crippen LogP contribution in [0.1, 0.15) is 61.0 Å². The van der Waals surface area contributed by atoms with Crippen LogP contribution in [0.3, 0.4) is 0 Å². The van der Waals surface area contributed by atoms with Crippen LogP contribution in [0.4, 0.5) is 26.3 Å². The number of benzene rings is 2. The van der Waals surface area contributed by atoms with Crippen LogP contribution < -0.4 is 5.73 Å². The molecular weight excluding hydrogens is 420 g/mol. The summed E-state index contributed by atoms with van der Waals surface area (Å²) in [5.74, 6) is 0. The normalized spacial score (nSPS) is 23.5. The van der Waals surface area contributed by atoms with Gasteiger partial charge in [0.2, 0.25) is 0 Å². The summed E-state index contributed by atoms with van der Waals surface area (Å²) in [6, 6.07) is 11.3. The minimum Gasteiger partial charge on any atom is -0.373 e. The number of hydrogen-bond donors (Lipinski definition) is 1. The maximum atomic E-state index is 13.2. The standard InChI is InChI=1S/C23H25F6NO/c1-15(16-11-18(22(24,25)26)13-19(12-16)23(27,28)29)31-14-21(9-7-20(30)8-10-21)17-5-3-2-4-6-17/h2-6,11-13,15,20H,7-10,14,30H2,1H3/t15-,20?,21?/m1/s1. The van der Waals surface area contributed by atoms with Gasteiger partial charge in [0.1, 0.15) is 0 Å². The van der Waals surface area contributed by atoms with Gasteiger partial charge in [-0.25, -0.2) is 0 Å². The molecule has 1 saturated carbocycles. The molecule has 2 aromatic rings. The molecule has 1 aliphatic rings. The molecule has 0 aliphatic heterocycles. The molecule has 2 nitrogen and oxygen atoms in total. The maximum Gasteiger partial charge on any atom is 0.416 e. The second kappa shape index (κ2) is 8.82. The lowest BCUT2D eigenvalue weighted by atomic mass is 9.69. The lowest BCUT2D eigenvalue weighted by Crippen LogP contribution is -2.40. The lowest BCUT2D eigenvalue weighted by molar-refractivity contribution is -0.143. The SMILES string of the molecule is C[C@@H](OCC1(c2ccccc2)CCC(N)CC1)c1cc(C(F)(F)F)cc(C(F)(F)F)c1. The molecule has 0 spiro atoms. The summed E-state index contributed by atoms with van der Waals surface area (Å²) in [5, 5.41) is 0. The zero-order valence-corrected chi connectivity index (χ0v) is 17.1. The highest BCUT2D eigenvalue weighted by atomic mass is 19.4. The molecule has 0 heterocycles. The average molecular weight is 445 g/mol. The summed E-state index contributed by atoms with van der Waals surface area (Å²) in [6.07, 6.45) is -7.70. The molecule has 2 N–H and O–H groups in total. The number of nitrogens with two attached hydrogens (primary N) is 1. The third-order valence-electron chi connectivity index (χ3n) is 6.06. The molecule has 0 bridgehead atoms. The highest BCUT2D eigenvalue weighted by molar-refractivity contribution is 5.35. The van der Waals surface area contributed by atoms with Gasteiger partial charge in [-0.2, -0.15) is 26.3 Å². The van der Waals surface area contributed by atoms with Crippen molar-refractivity contribution in [2.45, 2.75) is 62.5 Å². The minimum atomic E-state index is -4.89. The monoisotopic (exact) mass is 445 g/mol. The van der Waals surface area contributed by atoms with Crippen molar-refractivity contribution in [2.24, 2.45) is 5.73 Å². The van der Waals surface area contributed by atoms with E-state index < -0.39 is 29.6 Å². The van der Waals surface area contributed by atoms with Crippen LogP contribution in [-0.2, 0) is 22.5 Å². The number of rotatable bonds is 5. The molecule has 0 saturated heterocycles. The third kappa shape index (κ3) is 5.60. The van der Waals surface area contributed by atoms with E-state index in [1.165, 1.54) is 6.92 Å². The summed E-state index contributed by atoms with van der Waals surface area (Å²) >= 11 is 0. The van der Waals surface area contributed by atoms with Gasteiger partial charge in [0.25, 0.3) is 0 Å². The van der Waals surface area contributed by atoms with Crippen molar-refractivity contribution in [2.75, 3.05) is 6.61 Å². The van der Waals surface area contributed by atoms with E-state index in [0.717, 1.165) is 43.4 Å². The smallest absolute Gasteiger partial charge is 0.373 e. The maximum absolute atomic E-state index is 13.2. The Kier molecular flexibility index (Phi) is 6.72. The fourth-order valence-corrected chi connectivity index (χ4v) is 4.10. The molecule has 0 amide bonds. The van der Waals surface area contributed by atoms with Crippen molar-refractivity contribution in [1.82, 2.24) is 0 Å². The molecule has 1 atom stereocenters. The molecule has 0 unspecified atom stereocenters. The molecule has 170 valence electrons. The van der Waals surface area contributed by atoms with Crippen LogP contribution in [-0.4, -0.2) is 12.6 Å². The predicted molar refractivity (Wildman–Crippen MR) is 105 cm³/mol. The van der Waals surface area contributed by atoms with Crippen LogP contribution in [0, 0.1) is 0 Å². The van der Waals surface area contributed by atoms with Crippen molar-refractivity contribution in [3.63, 3.8) is 0 Å². The Bertz CT molecular complexity index is 838. The molecular formula is C23H25F6NO. The molecule has 1 aliphatic carbocycles. The minimum absolute atomic E-state index is 0.0760. The van der Waals surface area contributed by atoms with Gasteiger partial charge >= 0.3 is 12.4 Å². The van der Waals surface area contributed by atoms with Gasteiger partial charge in [-0.05, 0) is 61.9 Å². The first-order valence-corrected chi connectivity index (χ1v) is 10.1. The van der Waals surface area contributed by atoms with Gasteiger partial charge in [0.15, 0.2) is 0 Å². The third-order valence-corrected chi connectivity index (χ3v) is 6.06. The van der Waals surface area contributed by atoms with Gasteiger partial charge in [-0.1, -0.05) is 30.3 Å². The van der Waals surface area contributed by atoms with Gasteiger partial charge in [0, 0.05) is 11.5 Å². The first kappa shape index (κ1) is 23.6. The first-order chi connectivity index (χ1) is 14.4. The zero-order chi connectivity index (χ0) is 22.9. The Morgan fingerprint density at radius 3 is 1.94 bits per heavy atom. The first-order valence-electron chi connectivity index (χ1n) is 10.1. The molecule has 0 aromatic heterocycles. The predicted octanol–water partition coefficient (Wildman–Crippen LogP) is 6.64. The quantitative estimate of drug-likeness (QED) is 0.524. The molecule has 8 heteroatoms. The Morgan fingerprint density at radius 1 is 0.935 bits per heavy atom. The van der Waals surface area contributed by atoms with Crippen LogP contribution in [0.2, 0.25) is 0 Å². The fourth-order valence-electron chi connectivity index (χ4n) is 4.10. The van der Waals surface area contributed by atoms with Gasteiger partial charge < -0.3 is 10.5 Å². The highest BCUT2D eigenvalue weighted by Crippen LogP contribution is 2.42. The number of hydrogen-bond acceptors (Lipinski definition) is 2.